The molecule has 1 spiro atoms. The van der Waals surface area contributed by atoms with Crippen LogP contribution in [0.15, 0.2) is 42.5 Å². The molecule has 2 aromatic rings. The summed E-state index contributed by atoms with van der Waals surface area (Å²) in [6, 6.07) is 12.5. The third-order valence-corrected chi connectivity index (χ3v) is 8.19. The quantitative estimate of drug-likeness (QED) is 0.660. The first kappa shape index (κ1) is 24.8. The fraction of sp³-hybridized carbons (Fsp3) is 0.481. The Morgan fingerprint density at radius 3 is 2.47 bits per heavy atom. The average Bonchev–Trinajstić information content (AvgIpc) is 3.46. The fourth-order valence-corrected chi connectivity index (χ4v) is 6.63. The summed E-state index contributed by atoms with van der Waals surface area (Å²) in [5.41, 5.74) is 3.03. The molecule has 1 unspecified atom stereocenters. The molecule has 9 heteroatoms. The molecule has 2 amide bonds. The van der Waals surface area contributed by atoms with Crippen molar-refractivity contribution in [3.8, 4) is 11.1 Å². The van der Waals surface area contributed by atoms with E-state index in [0.29, 0.717) is 35.6 Å². The number of nitrogens with zero attached hydrogens (tertiary/aromatic N) is 2. The van der Waals surface area contributed by atoms with Crippen LogP contribution in [0.4, 0.5) is 17.1 Å². The summed E-state index contributed by atoms with van der Waals surface area (Å²) >= 11 is 0. The van der Waals surface area contributed by atoms with E-state index in [2.05, 4.69) is 4.72 Å². The molecule has 1 saturated heterocycles. The number of hydrogen-bond donors (Lipinski definition) is 1. The van der Waals surface area contributed by atoms with Crippen LogP contribution in [0.2, 0.25) is 0 Å². The van der Waals surface area contributed by atoms with Crippen LogP contribution in [0.3, 0.4) is 0 Å². The highest BCUT2D eigenvalue weighted by Crippen LogP contribution is 2.45. The third-order valence-electron chi connectivity index (χ3n) is 7.60. The largest absolute Gasteiger partial charge is 0.362 e. The number of hydrogen-bond acceptors (Lipinski definition) is 5. The summed E-state index contributed by atoms with van der Waals surface area (Å²) in [7, 11) is -3.48. The van der Waals surface area contributed by atoms with Gasteiger partial charge in [0.25, 0.3) is 5.91 Å². The Balaban J connectivity index is 1.55. The van der Waals surface area contributed by atoms with E-state index in [1.54, 1.807) is 21.9 Å². The normalized spacial score (nSPS) is 23.1. The van der Waals surface area contributed by atoms with E-state index < -0.39 is 16.1 Å². The van der Waals surface area contributed by atoms with Crippen LogP contribution < -0.4 is 14.5 Å². The van der Waals surface area contributed by atoms with E-state index >= 15 is 0 Å². The van der Waals surface area contributed by atoms with Crippen LogP contribution in [0.25, 0.3) is 11.1 Å². The third kappa shape index (κ3) is 4.62. The van der Waals surface area contributed by atoms with Gasteiger partial charge in [-0.05, 0) is 56.4 Å². The Morgan fingerprint density at radius 1 is 1.06 bits per heavy atom. The Labute approximate surface area is 212 Å². The zero-order chi connectivity index (χ0) is 25.7. The van der Waals surface area contributed by atoms with E-state index in [1.807, 2.05) is 37.3 Å². The topological polar surface area (TPSA) is 96.0 Å². The molecule has 1 aliphatic carbocycles. The predicted molar refractivity (Wildman–Crippen MR) is 141 cm³/mol. The number of fused-ring (bicyclic) bond motifs is 1. The van der Waals surface area contributed by atoms with E-state index in [0.717, 1.165) is 43.9 Å². The maximum Gasteiger partial charge on any atom is 0.256 e. The van der Waals surface area contributed by atoms with Gasteiger partial charge in [-0.25, -0.2) is 8.42 Å². The molecule has 5 rings (SSSR count). The molecule has 1 N–H and O–H groups in total. The first-order valence-corrected chi connectivity index (χ1v) is 14.5. The number of para-hydroxylation sites is 1. The monoisotopic (exact) mass is 511 g/mol. The molecule has 2 aliphatic heterocycles. The van der Waals surface area contributed by atoms with Crippen LogP contribution >= 0.6 is 0 Å². The summed E-state index contributed by atoms with van der Waals surface area (Å²) in [6.45, 7) is 3.84. The smallest absolute Gasteiger partial charge is 0.256 e. The first-order valence-electron chi connectivity index (χ1n) is 12.6. The molecule has 0 aromatic heterocycles. The second-order valence-corrected chi connectivity index (χ2v) is 12.1. The van der Waals surface area contributed by atoms with Crippen LogP contribution in [-0.2, 0) is 24.3 Å². The minimum Gasteiger partial charge on any atom is -0.362 e. The van der Waals surface area contributed by atoms with Crippen molar-refractivity contribution in [1.29, 1.82) is 0 Å². The lowest BCUT2D eigenvalue weighted by atomic mass is 9.97. The van der Waals surface area contributed by atoms with Gasteiger partial charge in [0.05, 0.1) is 35.0 Å². The summed E-state index contributed by atoms with van der Waals surface area (Å²) < 4.78 is 32.9. The zero-order valence-electron chi connectivity index (χ0n) is 21.0. The van der Waals surface area contributed by atoms with Crippen molar-refractivity contribution in [3.63, 3.8) is 0 Å². The molecule has 192 valence electrons. The lowest BCUT2D eigenvalue weighted by Crippen LogP contribution is -2.53. The number of benzene rings is 2. The Hall–Kier alpha value is -2.91. The summed E-state index contributed by atoms with van der Waals surface area (Å²) in [5.74, 6) is -0.167. The number of carbonyl (C=O) groups is 2. The van der Waals surface area contributed by atoms with Crippen LogP contribution in [-0.4, -0.2) is 50.8 Å². The molecule has 8 nitrogen and oxygen atoms in total. The highest BCUT2D eigenvalue weighted by molar-refractivity contribution is 7.92. The second kappa shape index (κ2) is 9.19. The lowest BCUT2D eigenvalue weighted by Gasteiger charge is -2.41. The Morgan fingerprint density at radius 2 is 1.78 bits per heavy atom. The zero-order valence-corrected chi connectivity index (χ0v) is 21.8. The first-order chi connectivity index (χ1) is 17.1. The maximum absolute atomic E-state index is 13.8. The number of anilines is 3. The molecule has 36 heavy (non-hydrogen) atoms. The van der Waals surface area contributed by atoms with Gasteiger partial charge >= 0.3 is 0 Å². The molecule has 2 fully saturated rings. The van der Waals surface area contributed by atoms with Crippen molar-refractivity contribution in [1.82, 2.24) is 0 Å². The summed E-state index contributed by atoms with van der Waals surface area (Å²) in [6.07, 6.45) is 6.54. The highest BCUT2D eigenvalue weighted by Gasteiger charge is 2.47. The van der Waals surface area contributed by atoms with E-state index in [1.165, 1.54) is 6.92 Å². The van der Waals surface area contributed by atoms with Gasteiger partial charge in [0.15, 0.2) is 0 Å². The SMILES string of the molecule is CC(=O)N1c2ccc(-c3ccccc3NS(C)(=O)=O)cc2N(C(=O)C2CCC3(CCCC3)O2)C[C@@H]1C. The van der Waals surface area contributed by atoms with E-state index in [4.69, 9.17) is 4.74 Å². The maximum atomic E-state index is 13.8. The van der Waals surface area contributed by atoms with Crippen LogP contribution in [0.5, 0.6) is 0 Å². The minimum absolute atomic E-state index is 0.0743. The van der Waals surface area contributed by atoms with Crippen LogP contribution in [0, 0.1) is 0 Å². The molecule has 2 heterocycles. The molecule has 0 radical (unpaired) electrons. The number of carbonyl (C=O) groups excluding carboxylic acids is 2. The molecule has 2 aromatic carbocycles. The van der Waals surface area contributed by atoms with Crippen molar-refractivity contribution in [2.24, 2.45) is 0 Å². The van der Waals surface area contributed by atoms with Gasteiger partial charge in [-0.3, -0.25) is 14.3 Å². The standard InChI is InChI=1S/C27H33N3O5S/c1-18-17-29(26(32)25-12-15-27(35-25)13-6-7-14-27)24-16-20(10-11-23(24)30(18)19(2)31)21-8-4-5-9-22(21)28-36(3,33)34/h4-5,8-11,16,18,25,28H,6-7,12-15,17H2,1-3H3/t18-,25?/m0/s1. The van der Waals surface area contributed by atoms with Crippen molar-refractivity contribution >= 4 is 38.9 Å². The highest BCUT2D eigenvalue weighted by atomic mass is 32.2. The van der Waals surface area contributed by atoms with Crippen molar-refractivity contribution < 1.29 is 22.7 Å². The van der Waals surface area contributed by atoms with Gasteiger partial charge in [-0.1, -0.05) is 37.1 Å². The van der Waals surface area contributed by atoms with Crippen molar-refractivity contribution in [2.75, 3.05) is 27.3 Å². The molecule has 0 bridgehead atoms. The number of nitrogens with one attached hydrogen (secondary N) is 1. The second-order valence-electron chi connectivity index (χ2n) is 10.3. The predicted octanol–water partition coefficient (Wildman–Crippen LogP) is 4.30. The summed E-state index contributed by atoms with van der Waals surface area (Å²) in [5, 5.41) is 0. The molecule has 3 aliphatic rings. The molecule has 1 saturated carbocycles. The van der Waals surface area contributed by atoms with Gasteiger partial charge in [0, 0.05) is 19.0 Å². The van der Waals surface area contributed by atoms with Gasteiger partial charge in [0.2, 0.25) is 15.9 Å². The number of ether oxygens (including phenoxy) is 1. The fourth-order valence-electron chi connectivity index (χ4n) is 6.05. The van der Waals surface area contributed by atoms with E-state index in [-0.39, 0.29) is 23.5 Å². The van der Waals surface area contributed by atoms with Gasteiger partial charge in [-0.2, -0.15) is 0 Å². The Bertz CT molecular complexity index is 1300. The number of sulfonamides is 1. The molecular formula is C27H33N3O5S. The number of rotatable bonds is 4. The lowest BCUT2D eigenvalue weighted by molar-refractivity contribution is -0.134. The minimum atomic E-state index is -3.48. The van der Waals surface area contributed by atoms with Gasteiger partial charge in [0.1, 0.15) is 6.10 Å². The molecular weight excluding hydrogens is 478 g/mol. The van der Waals surface area contributed by atoms with Crippen LogP contribution in [0.1, 0.15) is 52.4 Å². The van der Waals surface area contributed by atoms with Crippen molar-refractivity contribution in [2.45, 2.75) is 70.1 Å². The molecule has 2 atom stereocenters. The average molecular weight is 512 g/mol. The van der Waals surface area contributed by atoms with Gasteiger partial charge in [-0.15, -0.1) is 0 Å². The van der Waals surface area contributed by atoms with E-state index in [9.17, 15) is 18.0 Å². The number of amides is 2. The Kier molecular flexibility index (Phi) is 6.32. The van der Waals surface area contributed by atoms with Crippen molar-refractivity contribution in [3.05, 3.63) is 42.5 Å². The summed E-state index contributed by atoms with van der Waals surface area (Å²) in [4.78, 5) is 29.9. The van der Waals surface area contributed by atoms with Gasteiger partial charge < -0.3 is 14.5 Å².